The number of rotatable bonds is 8. The highest BCUT2D eigenvalue weighted by molar-refractivity contribution is 14.1. The maximum absolute atomic E-state index is 5.90. The second-order valence-corrected chi connectivity index (χ2v) is 9.98. The Morgan fingerprint density at radius 3 is 2.45 bits per heavy atom. The first kappa shape index (κ1) is 18.7. The zero-order chi connectivity index (χ0) is 16.0. The van der Waals surface area contributed by atoms with Gasteiger partial charge in [-0.15, -0.1) is 11.3 Å². The molecule has 2 nitrogen and oxygen atoms in total. The van der Waals surface area contributed by atoms with Gasteiger partial charge in [0.05, 0.1) is 2.88 Å². The number of thiophene rings is 1. The molecule has 0 aromatic carbocycles. The quantitative estimate of drug-likeness (QED) is 0.325. The van der Waals surface area contributed by atoms with Crippen LogP contribution in [-0.4, -0.2) is 20.3 Å². The molecule has 1 aromatic rings. The van der Waals surface area contributed by atoms with Gasteiger partial charge in [-0.2, -0.15) is 0 Å². The molecule has 1 aromatic heterocycles. The van der Waals surface area contributed by atoms with E-state index in [1.54, 1.807) is 0 Å². The summed E-state index contributed by atoms with van der Waals surface area (Å²) in [5.74, 6) is 0. The molecule has 0 amide bonds. The molecule has 0 unspecified atom stereocenters. The lowest BCUT2D eigenvalue weighted by Crippen LogP contribution is -2.46. The molecule has 0 N–H and O–H groups in total. The maximum atomic E-state index is 5.90. The van der Waals surface area contributed by atoms with E-state index in [1.165, 1.54) is 58.2 Å². The van der Waals surface area contributed by atoms with Crippen molar-refractivity contribution in [3.05, 3.63) is 14.5 Å². The summed E-state index contributed by atoms with van der Waals surface area (Å²) in [6.07, 6.45) is 9.32. The molecule has 22 heavy (non-hydrogen) atoms. The molecular formula is C17H28BIO2S. The normalized spacial score (nSPS) is 17.9. The summed E-state index contributed by atoms with van der Waals surface area (Å²) in [5.41, 5.74) is 1.62. The lowest BCUT2D eigenvalue weighted by atomic mass is 9.82. The molecular weight excluding hydrogens is 406 g/mol. The minimum absolute atomic E-state index is 0.141. The van der Waals surface area contributed by atoms with Gasteiger partial charge in [-0.1, -0.05) is 52.9 Å². The summed E-state index contributed by atoms with van der Waals surface area (Å²) in [7, 11) is -0.148. The van der Waals surface area contributed by atoms with Crippen LogP contribution in [0, 0.1) is 8.30 Å². The maximum Gasteiger partial charge on any atom is 0.504 e. The Balaban J connectivity index is 1.79. The fraction of sp³-hybridized carbons (Fsp3) is 0.765. The smallest absolute Gasteiger partial charge is 0.406 e. The second-order valence-electron chi connectivity index (χ2n) is 7.08. The van der Waals surface area contributed by atoms with Crippen LogP contribution in [0.4, 0.5) is 0 Å². The van der Waals surface area contributed by atoms with Crippen molar-refractivity contribution in [2.24, 2.45) is 5.41 Å². The second kappa shape index (κ2) is 9.04. The van der Waals surface area contributed by atoms with Gasteiger partial charge in [-0.3, -0.25) is 0 Å². The van der Waals surface area contributed by atoms with E-state index in [2.05, 4.69) is 49.4 Å². The lowest BCUT2D eigenvalue weighted by Gasteiger charge is -2.32. The van der Waals surface area contributed by atoms with Crippen molar-refractivity contribution in [2.45, 2.75) is 65.7 Å². The molecule has 1 aliphatic rings. The first-order chi connectivity index (χ1) is 10.5. The van der Waals surface area contributed by atoms with Crippen molar-refractivity contribution in [3.63, 3.8) is 0 Å². The van der Waals surface area contributed by atoms with Gasteiger partial charge < -0.3 is 9.31 Å². The Hall–Kier alpha value is 0.415. The Bertz CT molecular complexity index is 452. The SMILES string of the molecule is CCCCCCCCc1cc(B2OCC(C)(C)CO2)sc1I. The minimum atomic E-state index is -0.148. The van der Waals surface area contributed by atoms with Crippen molar-refractivity contribution >= 4 is 45.8 Å². The third kappa shape index (κ3) is 5.80. The Morgan fingerprint density at radius 1 is 1.14 bits per heavy atom. The molecule has 0 spiro atoms. The number of unbranched alkanes of at least 4 members (excludes halogenated alkanes) is 5. The first-order valence-corrected chi connectivity index (χ1v) is 10.4. The Kier molecular flexibility index (Phi) is 7.71. The van der Waals surface area contributed by atoms with Crippen LogP contribution in [0.2, 0.25) is 0 Å². The first-order valence-electron chi connectivity index (χ1n) is 8.53. The average Bonchev–Trinajstić information content (AvgIpc) is 2.84. The van der Waals surface area contributed by atoms with Gasteiger partial charge in [0.25, 0.3) is 0 Å². The van der Waals surface area contributed by atoms with Crippen LogP contribution in [-0.2, 0) is 15.7 Å². The standard InChI is InChI=1S/C17H28BIO2S/c1-4-5-6-7-8-9-10-14-11-15(22-16(14)19)18-20-12-17(2,3)13-21-18/h11H,4-10,12-13H2,1-3H3. The topological polar surface area (TPSA) is 18.5 Å². The minimum Gasteiger partial charge on any atom is -0.406 e. The average molecular weight is 434 g/mol. The van der Waals surface area contributed by atoms with Crippen LogP contribution < -0.4 is 4.78 Å². The van der Waals surface area contributed by atoms with E-state index in [0.29, 0.717) is 0 Å². The molecule has 2 rings (SSSR count). The molecule has 0 saturated carbocycles. The molecule has 2 heterocycles. The number of halogens is 1. The summed E-state index contributed by atoms with van der Waals surface area (Å²) in [5, 5.41) is 0. The summed E-state index contributed by atoms with van der Waals surface area (Å²) in [6.45, 7) is 8.19. The van der Waals surface area contributed by atoms with E-state index in [-0.39, 0.29) is 12.5 Å². The van der Waals surface area contributed by atoms with E-state index in [4.69, 9.17) is 9.31 Å². The van der Waals surface area contributed by atoms with Gasteiger partial charge in [0.15, 0.2) is 0 Å². The van der Waals surface area contributed by atoms with Crippen molar-refractivity contribution in [1.82, 2.24) is 0 Å². The molecule has 0 radical (unpaired) electrons. The molecule has 1 fully saturated rings. The Morgan fingerprint density at radius 2 is 1.77 bits per heavy atom. The fourth-order valence-corrected chi connectivity index (χ4v) is 4.79. The number of hydrogen-bond acceptors (Lipinski definition) is 3. The number of aryl methyl sites for hydroxylation is 1. The third-order valence-electron chi connectivity index (χ3n) is 4.06. The van der Waals surface area contributed by atoms with Crippen molar-refractivity contribution in [2.75, 3.05) is 13.2 Å². The van der Waals surface area contributed by atoms with Crippen LogP contribution in [0.15, 0.2) is 6.07 Å². The Labute approximate surface area is 153 Å². The van der Waals surface area contributed by atoms with Crippen LogP contribution in [0.3, 0.4) is 0 Å². The molecule has 1 aliphatic heterocycles. The molecule has 0 bridgehead atoms. The monoisotopic (exact) mass is 434 g/mol. The van der Waals surface area contributed by atoms with Crippen molar-refractivity contribution in [3.8, 4) is 0 Å². The highest BCUT2D eigenvalue weighted by Crippen LogP contribution is 2.25. The van der Waals surface area contributed by atoms with Gasteiger partial charge >= 0.3 is 7.12 Å². The molecule has 1 saturated heterocycles. The highest BCUT2D eigenvalue weighted by atomic mass is 127. The number of hydrogen-bond donors (Lipinski definition) is 0. The zero-order valence-electron chi connectivity index (χ0n) is 14.1. The summed E-state index contributed by atoms with van der Waals surface area (Å²) in [4.78, 5) is 0. The van der Waals surface area contributed by atoms with Gasteiger partial charge in [0, 0.05) is 23.4 Å². The van der Waals surface area contributed by atoms with E-state index in [0.717, 1.165) is 13.2 Å². The molecule has 124 valence electrons. The van der Waals surface area contributed by atoms with E-state index in [1.807, 2.05) is 11.3 Å². The zero-order valence-corrected chi connectivity index (χ0v) is 17.1. The van der Waals surface area contributed by atoms with Crippen LogP contribution >= 0.6 is 33.9 Å². The van der Waals surface area contributed by atoms with Crippen LogP contribution in [0.1, 0.15) is 64.9 Å². The largest absolute Gasteiger partial charge is 0.504 e. The summed E-state index contributed by atoms with van der Waals surface area (Å²) >= 11 is 4.30. The van der Waals surface area contributed by atoms with E-state index < -0.39 is 0 Å². The summed E-state index contributed by atoms with van der Waals surface area (Å²) in [6, 6.07) is 2.31. The molecule has 0 atom stereocenters. The van der Waals surface area contributed by atoms with E-state index >= 15 is 0 Å². The van der Waals surface area contributed by atoms with E-state index in [9.17, 15) is 0 Å². The van der Waals surface area contributed by atoms with Gasteiger partial charge in [0.1, 0.15) is 0 Å². The fourth-order valence-electron chi connectivity index (χ4n) is 2.67. The predicted octanol–water partition coefficient (Wildman–Crippen LogP) is 5.02. The third-order valence-corrected chi connectivity index (χ3v) is 6.40. The van der Waals surface area contributed by atoms with Gasteiger partial charge in [-0.25, -0.2) is 0 Å². The van der Waals surface area contributed by atoms with Crippen molar-refractivity contribution < 1.29 is 9.31 Å². The highest BCUT2D eigenvalue weighted by Gasteiger charge is 2.34. The predicted molar refractivity (Wildman–Crippen MR) is 105 cm³/mol. The molecule has 5 heteroatoms. The van der Waals surface area contributed by atoms with Crippen LogP contribution in [0.5, 0.6) is 0 Å². The van der Waals surface area contributed by atoms with Crippen LogP contribution in [0.25, 0.3) is 0 Å². The summed E-state index contributed by atoms with van der Waals surface area (Å²) < 4.78 is 14.4. The van der Waals surface area contributed by atoms with Gasteiger partial charge in [-0.05, 0) is 47.1 Å². The van der Waals surface area contributed by atoms with Crippen molar-refractivity contribution in [1.29, 1.82) is 0 Å². The molecule has 0 aliphatic carbocycles. The van der Waals surface area contributed by atoms with Gasteiger partial charge in [0.2, 0.25) is 0 Å². The lowest BCUT2D eigenvalue weighted by molar-refractivity contribution is 0.0346.